The average molecular weight is 335 g/mol. The molecule has 0 unspecified atom stereocenters. The summed E-state index contributed by atoms with van der Waals surface area (Å²) in [6.07, 6.45) is -4.63. The zero-order valence-electron chi connectivity index (χ0n) is 11.4. The number of nitrogens with one attached hydrogen (secondary N) is 1. The minimum absolute atomic E-state index is 0.0557. The van der Waals surface area contributed by atoms with E-state index in [2.05, 4.69) is 14.7 Å². The summed E-state index contributed by atoms with van der Waals surface area (Å²) in [6.45, 7) is 3.54. The highest BCUT2D eigenvalue weighted by Gasteiger charge is 2.53. The van der Waals surface area contributed by atoms with Gasteiger partial charge in [0.15, 0.2) is 5.82 Å². The topological polar surface area (TPSA) is 54.9 Å². The molecule has 0 fully saturated rings. The van der Waals surface area contributed by atoms with Crippen LogP contribution in [0.2, 0.25) is 0 Å². The molecule has 0 saturated carbocycles. The Kier molecular flexibility index (Phi) is 4.07. The summed E-state index contributed by atoms with van der Waals surface area (Å²) >= 11 is 2.29. The number of hydrogen-bond acceptors (Lipinski definition) is 5. The van der Waals surface area contributed by atoms with E-state index in [1.54, 1.807) is 0 Å². The molecule has 2 aromatic rings. The highest BCUT2D eigenvalue weighted by Crippen LogP contribution is 2.38. The number of nitrogens with zero attached hydrogens (tertiary/aromatic N) is 2. The molecule has 0 spiro atoms. The van der Waals surface area contributed by atoms with Crippen LogP contribution in [-0.2, 0) is 4.79 Å². The molecule has 2 rings (SSSR count). The molecule has 2 aromatic heterocycles. The van der Waals surface area contributed by atoms with Crippen molar-refractivity contribution in [3.8, 4) is 10.7 Å². The molecule has 114 valence electrons. The van der Waals surface area contributed by atoms with E-state index in [9.17, 15) is 18.0 Å². The highest BCUT2D eigenvalue weighted by molar-refractivity contribution is 7.14. The number of carbonyl (C=O) groups is 1. The maximum absolute atomic E-state index is 12.8. The molecule has 0 aliphatic heterocycles. The minimum atomic E-state index is -4.63. The van der Waals surface area contributed by atoms with Gasteiger partial charge in [-0.05, 0) is 37.8 Å². The summed E-state index contributed by atoms with van der Waals surface area (Å²) in [5.74, 6) is -0.742. The smallest absolute Gasteiger partial charge is 0.300 e. The number of hydrogen-bond donors (Lipinski definition) is 1. The van der Waals surface area contributed by atoms with Crippen LogP contribution in [0.4, 0.5) is 18.3 Å². The minimum Gasteiger partial charge on any atom is -0.300 e. The molecule has 0 atom stereocenters. The van der Waals surface area contributed by atoms with Gasteiger partial charge in [0.25, 0.3) is 0 Å². The van der Waals surface area contributed by atoms with E-state index in [4.69, 9.17) is 0 Å². The lowest BCUT2D eigenvalue weighted by Crippen LogP contribution is -2.43. The third-order valence-electron chi connectivity index (χ3n) is 2.99. The Morgan fingerprint density at radius 1 is 1.33 bits per heavy atom. The van der Waals surface area contributed by atoms with E-state index in [1.807, 2.05) is 18.4 Å². The Morgan fingerprint density at radius 3 is 2.52 bits per heavy atom. The second-order valence-corrected chi connectivity index (χ2v) is 6.60. The fraction of sp³-hybridized carbons (Fsp3) is 0.417. The molecule has 0 aromatic carbocycles. The molecule has 21 heavy (non-hydrogen) atoms. The third-order valence-corrected chi connectivity index (χ3v) is 4.63. The van der Waals surface area contributed by atoms with Gasteiger partial charge in [-0.15, -0.1) is 11.3 Å². The number of halogens is 3. The lowest BCUT2D eigenvalue weighted by Gasteiger charge is -2.25. The van der Waals surface area contributed by atoms with Crippen molar-refractivity contribution in [3.63, 3.8) is 0 Å². The maximum atomic E-state index is 12.8. The molecule has 0 aliphatic rings. The molecule has 0 saturated heterocycles. The second kappa shape index (κ2) is 5.38. The molecule has 9 heteroatoms. The first-order chi connectivity index (χ1) is 9.63. The van der Waals surface area contributed by atoms with Crippen molar-refractivity contribution in [1.29, 1.82) is 0 Å². The summed E-state index contributed by atoms with van der Waals surface area (Å²) in [5.41, 5.74) is -1.51. The zero-order chi connectivity index (χ0) is 15.8. The predicted molar refractivity (Wildman–Crippen MR) is 76.4 cm³/mol. The van der Waals surface area contributed by atoms with E-state index < -0.39 is 17.5 Å². The number of anilines is 1. The van der Waals surface area contributed by atoms with Crippen LogP contribution in [0.15, 0.2) is 11.4 Å². The molecule has 1 amide bonds. The molecule has 1 N–H and O–H groups in total. The first-order valence-electron chi connectivity index (χ1n) is 5.89. The number of carbonyl (C=O) groups excluding carboxylic acids is 1. The highest BCUT2D eigenvalue weighted by atomic mass is 32.1. The monoisotopic (exact) mass is 335 g/mol. The van der Waals surface area contributed by atoms with Crippen molar-refractivity contribution < 1.29 is 18.0 Å². The molecule has 0 aliphatic carbocycles. The Bertz CT molecular complexity index is 661. The van der Waals surface area contributed by atoms with Gasteiger partial charge in [0.2, 0.25) is 11.0 Å². The second-order valence-electron chi connectivity index (χ2n) is 4.93. The first-order valence-corrected chi connectivity index (χ1v) is 7.54. The lowest BCUT2D eigenvalue weighted by atomic mass is 9.92. The van der Waals surface area contributed by atoms with Gasteiger partial charge in [0, 0.05) is 11.5 Å². The summed E-state index contributed by atoms with van der Waals surface area (Å²) in [5, 5.41) is 4.11. The number of alkyl halides is 3. The standard InChI is InChI=1S/C12H12F3N3OS2/c1-6-4-5-20-7(6)8-16-10(21-18-8)17-9(19)11(2,3)12(13,14)15/h4-5H,1-3H3,(H,16,17,18,19). The molecule has 4 nitrogen and oxygen atoms in total. The quantitative estimate of drug-likeness (QED) is 0.919. The summed E-state index contributed by atoms with van der Waals surface area (Å²) in [4.78, 5) is 16.7. The van der Waals surface area contributed by atoms with Crippen LogP contribution in [0.1, 0.15) is 19.4 Å². The Morgan fingerprint density at radius 2 is 2.00 bits per heavy atom. The molecular formula is C12H12F3N3OS2. The molecular weight excluding hydrogens is 323 g/mol. The van der Waals surface area contributed by atoms with Gasteiger partial charge in [-0.25, -0.2) is 0 Å². The van der Waals surface area contributed by atoms with E-state index in [1.165, 1.54) is 11.3 Å². The lowest BCUT2D eigenvalue weighted by molar-refractivity contribution is -0.208. The number of rotatable bonds is 3. The van der Waals surface area contributed by atoms with Crippen molar-refractivity contribution >= 4 is 33.9 Å². The van der Waals surface area contributed by atoms with Crippen LogP contribution in [0.25, 0.3) is 10.7 Å². The number of thiophene rings is 1. The fourth-order valence-corrected chi connectivity index (χ4v) is 2.84. The van der Waals surface area contributed by atoms with Crippen LogP contribution >= 0.6 is 22.9 Å². The van der Waals surface area contributed by atoms with Crippen LogP contribution in [0.5, 0.6) is 0 Å². The van der Waals surface area contributed by atoms with Gasteiger partial charge in [0.05, 0.1) is 4.88 Å². The van der Waals surface area contributed by atoms with Gasteiger partial charge in [-0.3, -0.25) is 10.1 Å². The van der Waals surface area contributed by atoms with Crippen molar-refractivity contribution in [3.05, 3.63) is 17.0 Å². The van der Waals surface area contributed by atoms with E-state index in [0.717, 1.165) is 35.8 Å². The van der Waals surface area contributed by atoms with Crippen LogP contribution in [0, 0.1) is 12.3 Å². The van der Waals surface area contributed by atoms with Crippen LogP contribution in [0.3, 0.4) is 0 Å². The van der Waals surface area contributed by atoms with Gasteiger partial charge in [-0.1, -0.05) is 0 Å². The van der Waals surface area contributed by atoms with Gasteiger partial charge < -0.3 is 0 Å². The maximum Gasteiger partial charge on any atom is 0.402 e. The Hall–Kier alpha value is -1.48. The van der Waals surface area contributed by atoms with Crippen molar-refractivity contribution in [2.45, 2.75) is 26.9 Å². The largest absolute Gasteiger partial charge is 0.402 e. The van der Waals surface area contributed by atoms with E-state index >= 15 is 0 Å². The first kappa shape index (κ1) is 15.9. The number of amides is 1. The van der Waals surface area contributed by atoms with Gasteiger partial charge in [0.1, 0.15) is 5.41 Å². The van der Waals surface area contributed by atoms with E-state index in [-0.39, 0.29) is 5.13 Å². The fourth-order valence-electron chi connectivity index (χ4n) is 1.35. The predicted octanol–water partition coefficient (Wildman–Crippen LogP) is 4.10. The molecule has 2 heterocycles. The van der Waals surface area contributed by atoms with Gasteiger partial charge in [-0.2, -0.15) is 22.5 Å². The SMILES string of the molecule is Cc1ccsc1-c1nsc(NC(=O)C(C)(C)C(F)(F)F)n1. The average Bonchev–Trinajstić information content (AvgIpc) is 2.96. The molecule has 0 radical (unpaired) electrons. The number of aryl methyl sites for hydroxylation is 1. The van der Waals surface area contributed by atoms with Crippen molar-refractivity contribution in [2.24, 2.45) is 5.41 Å². The Labute approximate surface area is 127 Å². The van der Waals surface area contributed by atoms with Gasteiger partial charge >= 0.3 is 6.18 Å². The van der Waals surface area contributed by atoms with Crippen molar-refractivity contribution in [2.75, 3.05) is 5.32 Å². The zero-order valence-corrected chi connectivity index (χ0v) is 13.0. The summed E-state index contributed by atoms with van der Waals surface area (Å²) in [6, 6.07) is 1.89. The van der Waals surface area contributed by atoms with Crippen LogP contribution < -0.4 is 5.32 Å². The van der Waals surface area contributed by atoms with Crippen LogP contribution in [-0.4, -0.2) is 21.4 Å². The summed E-state index contributed by atoms with van der Waals surface area (Å²) in [7, 11) is 0. The van der Waals surface area contributed by atoms with E-state index in [0.29, 0.717) is 5.82 Å². The van der Waals surface area contributed by atoms with Crippen molar-refractivity contribution in [1.82, 2.24) is 9.36 Å². The number of aromatic nitrogens is 2. The Balaban J connectivity index is 2.17. The summed E-state index contributed by atoms with van der Waals surface area (Å²) < 4.78 is 42.4. The normalized spacial score (nSPS) is 12.5. The molecule has 0 bridgehead atoms. The third kappa shape index (κ3) is 3.08.